The fourth-order valence-electron chi connectivity index (χ4n) is 4.92. The molecule has 2 bridgehead atoms. The van der Waals surface area contributed by atoms with E-state index in [1.165, 1.54) is 0 Å². The third kappa shape index (κ3) is 1.46. The summed E-state index contributed by atoms with van der Waals surface area (Å²) in [4.78, 5) is 37.5. The largest absolute Gasteiger partial charge is 0.481 e. The highest BCUT2D eigenvalue weighted by atomic mass is 16.4. The molecule has 0 saturated heterocycles. The SMILES string of the molecule is CC1C(=O)N(CC23CC(C(=O)O)(C2)C3)C2=C1C=CC(=O)C2C. The van der Waals surface area contributed by atoms with Gasteiger partial charge in [-0.3, -0.25) is 14.4 Å². The Hall–Kier alpha value is -1.91. The highest BCUT2D eigenvalue weighted by Gasteiger charge is 2.72. The minimum Gasteiger partial charge on any atom is -0.481 e. The quantitative estimate of drug-likeness (QED) is 0.861. The van der Waals surface area contributed by atoms with Crippen molar-refractivity contribution in [3.63, 3.8) is 0 Å². The molecule has 3 saturated carbocycles. The van der Waals surface area contributed by atoms with Crippen LogP contribution in [0.3, 0.4) is 0 Å². The van der Waals surface area contributed by atoms with E-state index in [2.05, 4.69) is 0 Å². The van der Waals surface area contributed by atoms with Gasteiger partial charge in [0.2, 0.25) is 5.91 Å². The van der Waals surface area contributed by atoms with E-state index in [0.29, 0.717) is 25.8 Å². The second-order valence-corrected chi connectivity index (χ2v) is 7.56. The second-order valence-electron chi connectivity index (χ2n) is 7.56. The van der Waals surface area contributed by atoms with Crippen molar-refractivity contribution >= 4 is 17.7 Å². The fraction of sp³-hybridized carbons (Fsp3) is 0.588. The summed E-state index contributed by atoms with van der Waals surface area (Å²) in [5.74, 6) is -1.12. The minimum atomic E-state index is -0.709. The Balaban J connectivity index is 1.59. The van der Waals surface area contributed by atoms with Gasteiger partial charge in [-0.25, -0.2) is 0 Å². The van der Waals surface area contributed by atoms with Crippen molar-refractivity contribution in [1.29, 1.82) is 0 Å². The summed E-state index contributed by atoms with van der Waals surface area (Å²) in [6, 6.07) is 0. The van der Waals surface area contributed by atoms with E-state index < -0.39 is 11.4 Å². The second kappa shape index (κ2) is 3.89. The third-order valence-electron chi connectivity index (χ3n) is 6.04. The molecule has 2 unspecified atom stereocenters. The summed E-state index contributed by atoms with van der Waals surface area (Å²) in [5.41, 5.74) is 1.23. The molecule has 3 fully saturated rings. The average molecular weight is 301 g/mol. The number of carbonyl (C=O) groups excluding carboxylic acids is 2. The van der Waals surface area contributed by atoms with Crippen molar-refractivity contribution < 1.29 is 19.5 Å². The number of amides is 1. The number of hydrogen-bond acceptors (Lipinski definition) is 3. The molecule has 0 spiro atoms. The standard InChI is InChI=1S/C17H19NO4/c1-9-11-3-4-12(19)10(2)13(11)18(14(9)20)8-16-5-17(6-16,7-16)15(21)22/h3-4,9-10H,5-8H2,1-2H3,(H,21,22). The first kappa shape index (κ1) is 13.7. The maximum Gasteiger partial charge on any atom is 0.309 e. The Morgan fingerprint density at radius 2 is 1.86 bits per heavy atom. The van der Waals surface area contributed by atoms with E-state index in [1.54, 1.807) is 17.1 Å². The molecular formula is C17H19NO4. The third-order valence-corrected chi connectivity index (χ3v) is 6.04. The van der Waals surface area contributed by atoms with Gasteiger partial charge in [-0.15, -0.1) is 0 Å². The highest BCUT2D eigenvalue weighted by molar-refractivity contribution is 6.00. The first-order valence-electron chi connectivity index (χ1n) is 7.79. The molecule has 5 rings (SSSR count). The van der Waals surface area contributed by atoms with E-state index in [4.69, 9.17) is 0 Å². The molecule has 0 aromatic rings. The molecule has 1 amide bonds. The zero-order chi connectivity index (χ0) is 15.9. The van der Waals surface area contributed by atoms with Crippen molar-refractivity contribution in [2.24, 2.45) is 22.7 Å². The Kier molecular flexibility index (Phi) is 2.43. The molecule has 1 N–H and O–H groups in total. The first-order chi connectivity index (χ1) is 10.3. The van der Waals surface area contributed by atoms with Crippen molar-refractivity contribution in [2.45, 2.75) is 33.1 Å². The summed E-state index contributed by atoms with van der Waals surface area (Å²) >= 11 is 0. The number of allylic oxidation sites excluding steroid dienone is 3. The number of carboxylic acids is 1. The number of rotatable bonds is 3. The van der Waals surface area contributed by atoms with Gasteiger partial charge in [-0.2, -0.15) is 0 Å². The number of nitrogens with zero attached hydrogens (tertiary/aromatic N) is 1. The van der Waals surface area contributed by atoms with Crippen LogP contribution >= 0.6 is 0 Å². The summed E-state index contributed by atoms with van der Waals surface area (Å²) < 4.78 is 0. The van der Waals surface area contributed by atoms with Crippen LogP contribution in [0, 0.1) is 22.7 Å². The molecule has 22 heavy (non-hydrogen) atoms. The van der Waals surface area contributed by atoms with Crippen molar-refractivity contribution in [2.75, 3.05) is 6.54 Å². The molecule has 5 aliphatic rings. The molecule has 2 atom stereocenters. The van der Waals surface area contributed by atoms with Gasteiger partial charge in [-0.05, 0) is 50.2 Å². The molecule has 116 valence electrons. The predicted molar refractivity (Wildman–Crippen MR) is 77.6 cm³/mol. The molecule has 1 aliphatic heterocycles. The van der Waals surface area contributed by atoms with Crippen LogP contribution < -0.4 is 0 Å². The predicted octanol–water partition coefficient (Wildman–Crippen LogP) is 1.75. The molecule has 0 radical (unpaired) electrons. The van der Waals surface area contributed by atoms with Gasteiger partial charge in [0.25, 0.3) is 0 Å². The van der Waals surface area contributed by atoms with E-state index in [9.17, 15) is 19.5 Å². The van der Waals surface area contributed by atoms with Crippen molar-refractivity contribution in [3.8, 4) is 0 Å². The van der Waals surface area contributed by atoms with Crippen LogP contribution in [-0.2, 0) is 14.4 Å². The maximum absolute atomic E-state index is 12.6. The Morgan fingerprint density at radius 1 is 1.23 bits per heavy atom. The van der Waals surface area contributed by atoms with E-state index in [1.807, 2.05) is 13.8 Å². The smallest absolute Gasteiger partial charge is 0.309 e. The van der Waals surface area contributed by atoms with Crippen LogP contribution in [0.25, 0.3) is 0 Å². The lowest BCUT2D eigenvalue weighted by Gasteiger charge is -2.69. The molecule has 1 heterocycles. The Bertz CT molecular complexity index is 667. The van der Waals surface area contributed by atoms with Crippen LogP contribution in [0.15, 0.2) is 23.4 Å². The lowest BCUT2D eigenvalue weighted by molar-refractivity contribution is -0.226. The summed E-state index contributed by atoms with van der Waals surface area (Å²) in [6.45, 7) is 4.29. The number of hydrogen-bond donors (Lipinski definition) is 1. The first-order valence-corrected chi connectivity index (χ1v) is 7.79. The van der Waals surface area contributed by atoms with Gasteiger partial charge in [0.05, 0.1) is 17.3 Å². The summed E-state index contributed by atoms with van der Waals surface area (Å²) in [5, 5.41) is 9.22. The Labute approximate surface area is 128 Å². The fourth-order valence-corrected chi connectivity index (χ4v) is 4.92. The number of carbonyl (C=O) groups is 3. The lowest BCUT2D eigenvalue weighted by atomic mass is 9.35. The van der Waals surface area contributed by atoms with Crippen LogP contribution in [0.2, 0.25) is 0 Å². The van der Waals surface area contributed by atoms with Gasteiger partial charge in [0.1, 0.15) is 0 Å². The van der Waals surface area contributed by atoms with Gasteiger partial charge in [0.15, 0.2) is 5.78 Å². The maximum atomic E-state index is 12.6. The molecule has 0 aromatic heterocycles. The zero-order valence-electron chi connectivity index (χ0n) is 12.8. The van der Waals surface area contributed by atoms with E-state index in [0.717, 1.165) is 11.3 Å². The van der Waals surface area contributed by atoms with Crippen molar-refractivity contribution in [1.82, 2.24) is 4.90 Å². The van der Waals surface area contributed by atoms with Gasteiger partial charge >= 0.3 is 5.97 Å². The molecule has 0 aromatic carbocycles. The summed E-state index contributed by atoms with van der Waals surface area (Å²) in [7, 11) is 0. The van der Waals surface area contributed by atoms with Crippen molar-refractivity contribution in [3.05, 3.63) is 23.4 Å². The summed E-state index contributed by atoms with van der Waals surface area (Å²) in [6.07, 6.45) is 5.33. The molecule has 5 nitrogen and oxygen atoms in total. The van der Waals surface area contributed by atoms with E-state index in [-0.39, 0.29) is 28.9 Å². The van der Waals surface area contributed by atoms with Gasteiger partial charge < -0.3 is 10.0 Å². The Morgan fingerprint density at radius 3 is 2.45 bits per heavy atom. The zero-order valence-corrected chi connectivity index (χ0v) is 12.8. The highest BCUT2D eigenvalue weighted by Crippen LogP contribution is 2.73. The minimum absolute atomic E-state index is 0.0326. The van der Waals surface area contributed by atoms with E-state index >= 15 is 0 Å². The number of carboxylic acid groups (broad SMARTS) is 1. The van der Waals surface area contributed by atoms with Gasteiger partial charge in [0, 0.05) is 12.2 Å². The van der Waals surface area contributed by atoms with Gasteiger partial charge in [-0.1, -0.05) is 6.08 Å². The average Bonchev–Trinajstić information content (AvgIpc) is 2.60. The van der Waals surface area contributed by atoms with Crippen LogP contribution in [0.4, 0.5) is 0 Å². The number of aliphatic carboxylic acids is 1. The topological polar surface area (TPSA) is 74.7 Å². The van der Waals surface area contributed by atoms with Crippen LogP contribution in [-0.4, -0.2) is 34.2 Å². The molecule has 4 aliphatic carbocycles. The lowest BCUT2D eigenvalue weighted by Crippen LogP contribution is -2.68. The molecule has 5 heteroatoms. The van der Waals surface area contributed by atoms with Crippen LogP contribution in [0.1, 0.15) is 33.1 Å². The molecular weight excluding hydrogens is 282 g/mol. The monoisotopic (exact) mass is 301 g/mol. The van der Waals surface area contributed by atoms with Crippen LogP contribution in [0.5, 0.6) is 0 Å². The normalized spacial score (nSPS) is 42.2. The number of ketones is 1.